The van der Waals surface area contributed by atoms with Crippen molar-refractivity contribution in [2.45, 2.75) is 4.90 Å². The summed E-state index contributed by atoms with van der Waals surface area (Å²) in [5.74, 6) is 0.232. The highest BCUT2D eigenvalue weighted by Gasteiger charge is 2.30. The Kier molecular flexibility index (Phi) is 7.39. The second kappa shape index (κ2) is 10.0. The van der Waals surface area contributed by atoms with E-state index in [9.17, 15) is 13.2 Å². The summed E-state index contributed by atoms with van der Waals surface area (Å²) in [5, 5.41) is 2.74. The maximum atomic E-state index is 13.5. The zero-order valence-electron chi connectivity index (χ0n) is 16.9. The summed E-state index contributed by atoms with van der Waals surface area (Å²) >= 11 is 2.16. The molecular formula is C22H21IN2O5S. The number of anilines is 2. The monoisotopic (exact) mass is 552 g/mol. The molecule has 31 heavy (non-hydrogen) atoms. The van der Waals surface area contributed by atoms with Gasteiger partial charge < -0.3 is 14.8 Å². The van der Waals surface area contributed by atoms with Crippen LogP contribution in [0.2, 0.25) is 0 Å². The van der Waals surface area contributed by atoms with E-state index in [1.54, 1.807) is 42.5 Å². The molecule has 0 aliphatic heterocycles. The Bertz CT molecular complexity index is 1150. The molecule has 162 valence electrons. The van der Waals surface area contributed by atoms with Crippen molar-refractivity contribution in [1.29, 1.82) is 0 Å². The van der Waals surface area contributed by atoms with E-state index < -0.39 is 22.5 Å². The summed E-state index contributed by atoms with van der Waals surface area (Å²) in [6.45, 7) is -0.452. The molecule has 0 atom stereocenters. The number of halogens is 1. The highest BCUT2D eigenvalue weighted by molar-refractivity contribution is 14.1. The molecular weight excluding hydrogens is 531 g/mol. The summed E-state index contributed by atoms with van der Waals surface area (Å²) in [4.78, 5) is 12.9. The number of hydrogen-bond donors (Lipinski definition) is 1. The average molecular weight is 552 g/mol. The first-order valence-corrected chi connectivity index (χ1v) is 11.7. The van der Waals surface area contributed by atoms with Crippen LogP contribution in [0.15, 0.2) is 77.7 Å². The Morgan fingerprint density at radius 3 is 2.26 bits per heavy atom. The van der Waals surface area contributed by atoms with Gasteiger partial charge in [-0.05, 0) is 71.1 Å². The Balaban J connectivity index is 2.03. The van der Waals surface area contributed by atoms with Crippen LogP contribution in [0, 0.1) is 3.57 Å². The molecule has 0 unspecified atom stereocenters. The molecule has 0 bridgehead atoms. The number of amides is 1. The molecule has 9 heteroatoms. The summed E-state index contributed by atoms with van der Waals surface area (Å²) in [6, 6.07) is 19.9. The van der Waals surface area contributed by atoms with Crippen molar-refractivity contribution in [3.05, 3.63) is 76.4 Å². The van der Waals surface area contributed by atoms with Gasteiger partial charge in [0.25, 0.3) is 10.0 Å². The Morgan fingerprint density at radius 1 is 0.968 bits per heavy atom. The van der Waals surface area contributed by atoms with Gasteiger partial charge in [0.15, 0.2) is 0 Å². The maximum Gasteiger partial charge on any atom is 0.264 e. The van der Waals surface area contributed by atoms with Crippen molar-refractivity contribution < 1.29 is 22.7 Å². The minimum absolute atomic E-state index is 0.0573. The fourth-order valence-electron chi connectivity index (χ4n) is 2.88. The van der Waals surface area contributed by atoms with E-state index in [4.69, 9.17) is 9.47 Å². The highest BCUT2D eigenvalue weighted by Crippen LogP contribution is 2.35. The number of carbonyl (C=O) groups is 1. The van der Waals surface area contributed by atoms with Crippen molar-refractivity contribution in [2.75, 3.05) is 30.4 Å². The molecule has 0 spiro atoms. The van der Waals surface area contributed by atoms with Crippen molar-refractivity contribution in [1.82, 2.24) is 0 Å². The number of nitrogens with zero attached hydrogens (tertiary/aromatic N) is 1. The quantitative estimate of drug-likeness (QED) is 0.425. The van der Waals surface area contributed by atoms with Gasteiger partial charge in [-0.1, -0.05) is 18.2 Å². The smallest absolute Gasteiger partial charge is 0.264 e. The number of rotatable bonds is 8. The van der Waals surface area contributed by atoms with E-state index in [1.165, 1.54) is 32.4 Å². The predicted octanol–water partition coefficient (Wildman–Crippen LogP) is 4.14. The largest absolute Gasteiger partial charge is 0.497 e. The number of nitrogens with one attached hydrogen (secondary N) is 1. The minimum Gasteiger partial charge on any atom is -0.497 e. The van der Waals surface area contributed by atoms with Gasteiger partial charge in [0.1, 0.15) is 18.0 Å². The van der Waals surface area contributed by atoms with Crippen molar-refractivity contribution in [3.8, 4) is 11.5 Å². The Hall–Kier alpha value is -2.79. The summed E-state index contributed by atoms with van der Waals surface area (Å²) in [7, 11) is -1.16. The summed E-state index contributed by atoms with van der Waals surface area (Å²) in [6.07, 6.45) is 0. The lowest BCUT2D eigenvalue weighted by Gasteiger charge is -2.26. The average Bonchev–Trinajstić information content (AvgIpc) is 2.79. The van der Waals surface area contributed by atoms with E-state index in [2.05, 4.69) is 27.9 Å². The molecule has 3 rings (SSSR count). The molecule has 0 saturated heterocycles. The third kappa shape index (κ3) is 5.47. The van der Waals surface area contributed by atoms with Crippen molar-refractivity contribution >= 4 is 49.9 Å². The van der Waals surface area contributed by atoms with Gasteiger partial charge in [-0.3, -0.25) is 9.10 Å². The second-order valence-corrected chi connectivity index (χ2v) is 9.53. The number of benzene rings is 3. The maximum absolute atomic E-state index is 13.5. The number of sulfonamides is 1. The lowest BCUT2D eigenvalue weighted by molar-refractivity contribution is -0.114. The van der Waals surface area contributed by atoms with Gasteiger partial charge in [0.05, 0.1) is 24.8 Å². The number of ether oxygens (including phenoxy) is 2. The molecule has 3 aromatic carbocycles. The summed E-state index contributed by atoms with van der Waals surface area (Å²) in [5.41, 5.74) is 0.767. The fraction of sp³-hybridized carbons (Fsp3) is 0.136. The van der Waals surface area contributed by atoms with E-state index in [1.807, 2.05) is 12.1 Å². The molecule has 7 nitrogen and oxygen atoms in total. The number of hydrogen-bond acceptors (Lipinski definition) is 5. The van der Waals surface area contributed by atoms with Crippen LogP contribution >= 0.6 is 22.6 Å². The summed E-state index contributed by atoms with van der Waals surface area (Å²) < 4.78 is 39.6. The second-order valence-electron chi connectivity index (χ2n) is 6.42. The third-order valence-electron chi connectivity index (χ3n) is 4.40. The molecule has 0 aliphatic rings. The third-order valence-corrected chi connectivity index (χ3v) is 6.89. The lowest BCUT2D eigenvalue weighted by atomic mass is 10.2. The first-order valence-electron chi connectivity index (χ1n) is 9.20. The molecule has 0 heterocycles. The zero-order valence-corrected chi connectivity index (χ0v) is 19.9. The lowest BCUT2D eigenvalue weighted by Crippen LogP contribution is -2.38. The SMILES string of the molecule is COc1ccc(OC)c(N(CC(=O)Nc2ccc(I)cc2)S(=O)(=O)c2ccccc2)c1. The predicted molar refractivity (Wildman–Crippen MR) is 128 cm³/mol. The van der Waals surface area contributed by atoms with Crippen LogP contribution in [0.5, 0.6) is 11.5 Å². The van der Waals surface area contributed by atoms with Crippen LogP contribution in [0.4, 0.5) is 11.4 Å². The number of methoxy groups -OCH3 is 2. The topological polar surface area (TPSA) is 84.9 Å². The highest BCUT2D eigenvalue weighted by atomic mass is 127. The molecule has 1 N–H and O–H groups in total. The van der Waals surface area contributed by atoms with Crippen LogP contribution in [-0.2, 0) is 14.8 Å². The molecule has 0 fully saturated rings. The van der Waals surface area contributed by atoms with E-state index in [-0.39, 0.29) is 10.6 Å². The van der Waals surface area contributed by atoms with Gasteiger partial charge in [-0.2, -0.15) is 0 Å². The number of carbonyl (C=O) groups excluding carboxylic acids is 1. The van der Waals surface area contributed by atoms with Gasteiger partial charge >= 0.3 is 0 Å². The standard InChI is InChI=1S/C22H21IN2O5S/c1-29-18-12-13-21(30-2)20(14-18)25(31(27,28)19-6-4-3-5-7-19)15-22(26)24-17-10-8-16(23)9-11-17/h3-14H,15H2,1-2H3,(H,24,26). The van der Waals surface area contributed by atoms with Crippen LogP contribution in [0.1, 0.15) is 0 Å². The minimum atomic E-state index is -4.07. The van der Waals surface area contributed by atoms with E-state index in [0.717, 1.165) is 7.88 Å². The molecule has 0 aromatic heterocycles. The Morgan fingerprint density at radius 2 is 1.65 bits per heavy atom. The molecule has 1 amide bonds. The van der Waals surface area contributed by atoms with Gasteiger partial charge in [-0.15, -0.1) is 0 Å². The molecule has 3 aromatic rings. The van der Waals surface area contributed by atoms with Gasteiger partial charge in [-0.25, -0.2) is 8.42 Å². The normalized spacial score (nSPS) is 10.9. The van der Waals surface area contributed by atoms with Crippen LogP contribution in [-0.4, -0.2) is 35.1 Å². The molecule has 0 saturated carbocycles. The van der Waals surface area contributed by atoms with E-state index >= 15 is 0 Å². The Labute approximate surface area is 195 Å². The van der Waals surface area contributed by atoms with Crippen molar-refractivity contribution in [3.63, 3.8) is 0 Å². The van der Waals surface area contributed by atoms with Gasteiger partial charge in [0.2, 0.25) is 5.91 Å². The van der Waals surface area contributed by atoms with Crippen molar-refractivity contribution in [2.24, 2.45) is 0 Å². The first-order chi connectivity index (χ1) is 14.8. The zero-order chi connectivity index (χ0) is 22.4. The van der Waals surface area contributed by atoms with E-state index in [0.29, 0.717) is 17.2 Å². The van der Waals surface area contributed by atoms with Gasteiger partial charge in [0, 0.05) is 15.3 Å². The van der Waals surface area contributed by atoms with Crippen LogP contribution in [0.3, 0.4) is 0 Å². The van der Waals surface area contributed by atoms with Crippen LogP contribution in [0.25, 0.3) is 0 Å². The first kappa shape index (κ1) is 22.9. The molecule has 0 radical (unpaired) electrons. The molecule has 0 aliphatic carbocycles. The fourth-order valence-corrected chi connectivity index (χ4v) is 4.68. The van der Waals surface area contributed by atoms with Crippen LogP contribution < -0.4 is 19.1 Å².